The van der Waals surface area contributed by atoms with Crippen molar-refractivity contribution in [1.82, 2.24) is 14.5 Å². The van der Waals surface area contributed by atoms with E-state index < -0.39 is 6.10 Å². The lowest BCUT2D eigenvalue weighted by atomic mass is 10.2. The molecule has 0 aliphatic rings. The van der Waals surface area contributed by atoms with E-state index in [2.05, 4.69) is 9.97 Å². The van der Waals surface area contributed by atoms with Gasteiger partial charge >= 0.3 is 0 Å². The van der Waals surface area contributed by atoms with Gasteiger partial charge in [0.05, 0.1) is 34.7 Å². The van der Waals surface area contributed by atoms with Crippen molar-refractivity contribution in [1.29, 1.82) is 0 Å². The van der Waals surface area contributed by atoms with E-state index in [0.717, 1.165) is 16.7 Å². The number of benzene rings is 1. The molecule has 1 atom stereocenters. The number of fused-ring (bicyclic) bond motifs is 1. The number of nitrogens with zero attached hydrogens (tertiary/aromatic N) is 3. The maximum Gasteiger partial charge on any atom is 0.100 e. The Morgan fingerprint density at radius 2 is 1.94 bits per heavy atom. The van der Waals surface area contributed by atoms with E-state index in [0.29, 0.717) is 5.69 Å². The second kappa shape index (κ2) is 4.23. The molecule has 0 spiro atoms. The topological polar surface area (TPSA) is 50.9 Å². The third-order valence-corrected chi connectivity index (χ3v) is 2.93. The molecule has 0 aliphatic heterocycles. The highest BCUT2D eigenvalue weighted by Crippen LogP contribution is 2.18. The lowest BCUT2D eigenvalue weighted by molar-refractivity contribution is 0.194. The lowest BCUT2D eigenvalue weighted by Gasteiger charge is -2.06. The van der Waals surface area contributed by atoms with Crippen LogP contribution in [0, 0.1) is 0 Å². The van der Waals surface area contributed by atoms with Gasteiger partial charge in [0.15, 0.2) is 0 Å². The number of hydrogen-bond acceptors (Lipinski definition) is 3. The van der Waals surface area contributed by atoms with Crippen LogP contribution in [0.4, 0.5) is 0 Å². The molecule has 0 aliphatic carbocycles. The molecular formula is C14H13N3O. The van der Waals surface area contributed by atoms with Crippen LogP contribution >= 0.6 is 0 Å². The predicted molar refractivity (Wildman–Crippen MR) is 69.5 cm³/mol. The first-order valence-electron chi connectivity index (χ1n) is 5.82. The third-order valence-electron chi connectivity index (χ3n) is 2.93. The zero-order valence-corrected chi connectivity index (χ0v) is 9.99. The number of para-hydroxylation sites is 2. The van der Waals surface area contributed by atoms with Gasteiger partial charge in [0.2, 0.25) is 0 Å². The molecule has 2 heterocycles. The molecule has 18 heavy (non-hydrogen) atoms. The van der Waals surface area contributed by atoms with E-state index in [1.807, 2.05) is 41.0 Å². The van der Waals surface area contributed by atoms with Crippen molar-refractivity contribution in [3.8, 4) is 5.69 Å². The van der Waals surface area contributed by atoms with Crippen LogP contribution in [0.15, 0.2) is 48.9 Å². The molecule has 4 nitrogen and oxygen atoms in total. The van der Waals surface area contributed by atoms with Crippen molar-refractivity contribution in [3.63, 3.8) is 0 Å². The first kappa shape index (κ1) is 10.9. The van der Waals surface area contributed by atoms with E-state index in [4.69, 9.17) is 0 Å². The maximum absolute atomic E-state index is 9.44. The molecule has 0 radical (unpaired) electrons. The summed E-state index contributed by atoms with van der Waals surface area (Å²) in [6.45, 7) is 1.70. The summed E-state index contributed by atoms with van der Waals surface area (Å²) >= 11 is 0. The molecule has 90 valence electrons. The quantitative estimate of drug-likeness (QED) is 0.747. The van der Waals surface area contributed by atoms with Gasteiger partial charge < -0.3 is 5.11 Å². The molecule has 1 aromatic carbocycles. The van der Waals surface area contributed by atoms with Crippen LogP contribution in [-0.2, 0) is 0 Å². The van der Waals surface area contributed by atoms with Crippen molar-refractivity contribution < 1.29 is 5.11 Å². The summed E-state index contributed by atoms with van der Waals surface area (Å²) in [6, 6.07) is 11.7. The number of hydrogen-bond donors (Lipinski definition) is 1. The third kappa shape index (κ3) is 1.76. The summed E-state index contributed by atoms with van der Waals surface area (Å²) in [4.78, 5) is 8.58. The second-order valence-corrected chi connectivity index (χ2v) is 4.22. The molecule has 0 saturated heterocycles. The monoisotopic (exact) mass is 239 g/mol. The fourth-order valence-electron chi connectivity index (χ4n) is 1.95. The van der Waals surface area contributed by atoms with Gasteiger partial charge in [-0.2, -0.15) is 0 Å². The molecule has 2 aromatic heterocycles. The van der Waals surface area contributed by atoms with Gasteiger partial charge in [-0.05, 0) is 31.2 Å². The summed E-state index contributed by atoms with van der Waals surface area (Å²) in [7, 11) is 0. The lowest BCUT2D eigenvalue weighted by Crippen LogP contribution is -1.98. The van der Waals surface area contributed by atoms with Crippen LogP contribution in [0.5, 0.6) is 0 Å². The van der Waals surface area contributed by atoms with Crippen LogP contribution < -0.4 is 0 Å². The van der Waals surface area contributed by atoms with Crippen molar-refractivity contribution in [2.75, 3.05) is 0 Å². The molecule has 1 N–H and O–H groups in total. The van der Waals surface area contributed by atoms with Gasteiger partial charge in [-0.25, -0.2) is 4.98 Å². The Bertz CT molecular complexity index is 671. The molecule has 4 heteroatoms. The molecule has 0 saturated carbocycles. The Kier molecular flexibility index (Phi) is 2.57. The van der Waals surface area contributed by atoms with E-state index in [1.165, 1.54) is 0 Å². The smallest absolute Gasteiger partial charge is 0.100 e. The number of aliphatic hydroxyl groups excluding tert-OH is 1. The summed E-state index contributed by atoms with van der Waals surface area (Å²) in [5.74, 6) is 0. The van der Waals surface area contributed by atoms with Gasteiger partial charge in [-0.3, -0.25) is 9.55 Å². The number of imidazole rings is 1. The normalized spacial score (nSPS) is 12.8. The van der Waals surface area contributed by atoms with E-state index >= 15 is 0 Å². The van der Waals surface area contributed by atoms with Crippen LogP contribution in [0.1, 0.15) is 18.7 Å². The van der Waals surface area contributed by atoms with Crippen LogP contribution in [0.3, 0.4) is 0 Å². The zero-order chi connectivity index (χ0) is 12.5. The Morgan fingerprint density at radius 3 is 2.67 bits per heavy atom. The fourth-order valence-corrected chi connectivity index (χ4v) is 1.95. The van der Waals surface area contributed by atoms with E-state index in [-0.39, 0.29) is 0 Å². The minimum atomic E-state index is -0.543. The zero-order valence-electron chi connectivity index (χ0n) is 9.99. The molecule has 3 rings (SSSR count). The minimum Gasteiger partial charge on any atom is -0.387 e. The number of pyridine rings is 1. The maximum atomic E-state index is 9.44. The first-order chi connectivity index (χ1) is 8.75. The van der Waals surface area contributed by atoms with Gasteiger partial charge in [0.1, 0.15) is 6.33 Å². The first-order valence-corrected chi connectivity index (χ1v) is 5.82. The Balaban J connectivity index is 2.09. The van der Waals surface area contributed by atoms with Crippen LogP contribution in [-0.4, -0.2) is 19.6 Å². The Hall–Kier alpha value is -2.20. The SMILES string of the molecule is CC(O)c1ccc(-n2cnc3ccccc32)cn1. The molecule has 3 aromatic rings. The van der Waals surface area contributed by atoms with Gasteiger partial charge in [-0.15, -0.1) is 0 Å². The standard InChI is InChI=1S/C14H13N3O/c1-10(18)12-7-6-11(8-15-12)17-9-16-13-4-2-3-5-14(13)17/h2-10,18H,1H3. The summed E-state index contributed by atoms with van der Waals surface area (Å²) < 4.78 is 1.98. The highest BCUT2D eigenvalue weighted by molar-refractivity contribution is 5.77. The van der Waals surface area contributed by atoms with Gasteiger partial charge in [0.25, 0.3) is 0 Å². The molecule has 0 fully saturated rings. The minimum absolute atomic E-state index is 0.543. The molecule has 1 unspecified atom stereocenters. The van der Waals surface area contributed by atoms with Crippen molar-refractivity contribution >= 4 is 11.0 Å². The number of rotatable bonds is 2. The molecule has 0 bridgehead atoms. The van der Waals surface area contributed by atoms with Crippen molar-refractivity contribution in [2.24, 2.45) is 0 Å². The number of aromatic nitrogens is 3. The average molecular weight is 239 g/mol. The highest BCUT2D eigenvalue weighted by atomic mass is 16.3. The summed E-state index contributed by atoms with van der Waals surface area (Å²) in [6.07, 6.45) is 2.98. The Labute approximate surface area is 105 Å². The fraction of sp³-hybridized carbons (Fsp3) is 0.143. The van der Waals surface area contributed by atoms with Gasteiger partial charge in [-0.1, -0.05) is 12.1 Å². The van der Waals surface area contributed by atoms with Crippen LogP contribution in [0.2, 0.25) is 0 Å². The largest absolute Gasteiger partial charge is 0.387 e. The molecular weight excluding hydrogens is 226 g/mol. The van der Waals surface area contributed by atoms with E-state index in [9.17, 15) is 5.11 Å². The van der Waals surface area contributed by atoms with Crippen LogP contribution in [0.25, 0.3) is 16.7 Å². The van der Waals surface area contributed by atoms with Crippen molar-refractivity contribution in [3.05, 3.63) is 54.6 Å². The number of aliphatic hydroxyl groups is 1. The summed E-state index contributed by atoms with van der Waals surface area (Å²) in [5, 5.41) is 9.44. The Morgan fingerprint density at radius 1 is 1.11 bits per heavy atom. The van der Waals surface area contributed by atoms with E-state index in [1.54, 1.807) is 19.4 Å². The summed E-state index contributed by atoms with van der Waals surface area (Å²) in [5.41, 5.74) is 3.61. The van der Waals surface area contributed by atoms with Gasteiger partial charge in [0, 0.05) is 0 Å². The predicted octanol–water partition coefficient (Wildman–Crippen LogP) is 2.47. The van der Waals surface area contributed by atoms with Crippen molar-refractivity contribution in [2.45, 2.75) is 13.0 Å². The second-order valence-electron chi connectivity index (χ2n) is 4.22. The highest BCUT2D eigenvalue weighted by Gasteiger charge is 2.06. The average Bonchev–Trinajstić information content (AvgIpc) is 2.82. The molecule has 0 amide bonds.